The van der Waals surface area contributed by atoms with Gasteiger partial charge in [-0.1, -0.05) is 26.7 Å². The molecular formula is C11H23N. The van der Waals surface area contributed by atoms with Crippen LogP contribution in [0.15, 0.2) is 0 Å². The van der Waals surface area contributed by atoms with Gasteiger partial charge in [0.1, 0.15) is 0 Å². The lowest BCUT2D eigenvalue weighted by Gasteiger charge is -2.44. The van der Waals surface area contributed by atoms with Gasteiger partial charge < -0.3 is 0 Å². The average molecular weight is 169 g/mol. The summed E-state index contributed by atoms with van der Waals surface area (Å²) < 4.78 is 0. The van der Waals surface area contributed by atoms with E-state index in [-0.39, 0.29) is 0 Å². The van der Waals surface area contributed by atoms with E-state index in [1.807, 2.05) is 0 Å². The first-order chi connectivity index (χ1) is 5.73. The molecule has 1 nitrogen and oxygen atoms in total. The van der Waals surface area contributed by atoms with Gasteiger partial charge in [0.05, 0.1) is 0 Å². The number of hydrogen-bond acceptors (Lipinski definition) is 1. The van der Waals surface area contributed by atoms with Crippen LogP contribution in [0.25, 0.3) is 0 Å². The summed E-state index contributed by atoms with van der Waals surface area (Å²) in [5.41, 5.74) is 0.530. The normalized spacial score (nSPS) is 32.2. The van der Waals surface area contributed by atoms with Crippen molar-refractivity contribution >= 4 is 0 Å². The maximum Gasteiger partial charge on any atom is 0.0181 e. The Morgan fingerprint density at radius 2 is 2.00 bits per heavy atom. The zero-order valence-electron chi connectivity index (χ0n) is 8.90. The van der Waals surface area contributed by atoms with Gasteiger partial charge in [-0.2, -0.15) is 0 Å². The van der Waals surface area contributed by atoms with E-state index in [0.717, 1.165) is 0 Å². The average Bonchev–Trinajstić information content (AvgIpc) is 2.05. The number of hydrogen-bond donors (Lipinski definition) is 0. The summed E-state index contributed by atoms with van der Waals surface area (Å²) in [5.74, 6) is 0. The minimum Gasteiger partial charge on any atom is -0.298 e. The Balaban J connectivity index is 2.55. The second-order valence-corrected chi connectivity index (χ2v) is 4.28. The molecule has 0 radical (unpaired) electrons. The van der Waals surface area contributed by atoms with Crippen molar-refractivity contribution in [1.29, 1.82) is 0 Å². The molecule has 0 aromatic carbocycles. The second-order valence-electron chi connectivity index (χ2n) is 4.28. The summed E-state index contributed by atoms with van der Waals surface area (Å²) in [7, 11) is 0. The van der Waals surface area contributed by atoms with Crippen molar-refractivity contribution < 1.29 is 0 Å². The van der Waals surface area contributed by atoms with Crippen LogP contribution in [0.1, 0.15) is 52.9 Å². The standard InChI is InChI=1S/C11H23N/c1-4-8-11(3)9-6-7-10-12(11)5-2/h4-10H2,1-3H3. The summed E-state index contributed by atoms with van der Waals surface area (Å²) in [5, 5.41) is 0. The topological polar surface area (TPSA) is 3.24 Å². The van der Waals surface area contributed by atoms with E-state index in [9.17, 15) is 0 Å². The van der Waals surface area contributed by atoms with Crippen LogP contribution in [0.3, 0.4) is 0 Å². The van der Waals surface area contributed by atoms with Crippen LogP contribution in [0, 0.1) is 0 Å². The molecule has 0 aliphatic carbocycles. The van der Waals surface area contributed by atoms with Gasteiger partial charge in [0.15, 0.2) is 0 Å². The molecule has 1 fully saturated rings. The molecule has 1 rings (SSSR count). The van der Waals surface area contributed by atoms with E-state index < -0.39 is 0 Å². The van der Waals surface area contributed by atoms with Crippen molar-refractivity contribution in [2.45, 2.75) is 58.4 Å². The first kappa shape index (κ1) is 10.0. The first-order valence-electron chi connectivity index (χ1n) is 5.48. The number of rotatable bonds is 3. The molecular weight excluding hydrogens is 146 g/mol. The maximum absolute atomic E-state index is 2.67. The quantitative estimate of drug-likeness (QED) is 0.627. The van der Waals surface area contributed by atoms with Crippen molar-refractivity contribution in [2.24, 2.45) is 0 Å². The van der Waals surface area contributed by atoms with E-state index in [1.165, 1.54) is 45.2 Å². The van der Waals surface area contributed by atoms with Gasteiger partial charge in [0.25, 0.3) is 0 Å². The molecule has 1 unspecified atom stereocenters. The molecule has 0 amide bonds. The molecule has 0 bridgehead atoms. The van der Waals surface area contributed by atoms with Crippen LogP contribution in [0.4, 0.5) is 0 Å². The number of likely N-dealkylation sites (tertiary alicyclic amines) is 1. The van der Waals surface area contributed by atoms with E-state index in [0.29, 0.717) is 5.54 Å². The van der Waals surface area contributed by atoms with Gasteiger partial charge in [-0.25, -0.2) is 0 Å². The lowest BCUT2D eigenvalue weighted by Crippen LogP contribution is -2.49. The highest BCUT2D eigenvalue weighted by Crippen LogP contribution is 2.31. The van der Waals surface area contributed by atoms with Crippen molar-refractivity contribution in [2.75, 3.05) is 13.1 Å². The molecule has 0 aromatic heterocycles. The Bertz CT molecular complexity index is 129. The minimum atomic E-state index is 0.530. The Morgan fingerprint density at radius 3 is 2.58 bits per heavy atom. The van der Waals surface area contributed by atoms with Gasteiger partial charge in [-0.05, 0) is 39.3 Å². The van der Waals surface area contributed by atoms with Gasteiger partial charge >= 0.3 is 0 Å². The Morgan fingerprint density at radius 1 is 1.25 bits per heavy atom. The van der Waals surface area contributed by atoms with Crippen molar-refractivity contribution in [3.63, 3.8) is 0 Å². The van der Waals surface area contributed by atoms with Crippen LogP contribution >= 0.6 is 0 Å². The van der Waals surface area contributed by atoms with Gasteiger partial charge in [0, 0.05) is 5.54 Å². The molecule has 0 saturated carbocycles. The molecule has 1 atom stereocenters. The fourth-order valence-corrected chi connectivity index (χ4v) is 2.60. The minimum absolute atomic E-state index is 0.530. The van der Waals surface area contributed by atoms with Gasteiger partial charge in [-0.3, -0.25) is 4.90 Å². The first-order valence-corrected chi connectivity index (χ1v) is 5.48. The zero-order valence-corrected chi connectivity index (χ0v) is 8.90. The molecule has 1 aliphatic heterocycles. The molecule has 1 heteroatoms. The second kappa shape index (κ2) is 4.27. The number of nitrogens with zero attached hydrogens (tertiary/aromatic N) is 1. The predicted octanol–water partition coefficient (Wildman–Crippen LogP) is 3.05. The van der Waals surface area contributed by atoms with E-state index in [1.54, 1.807) is 0 Å². The van der Waals surface area contributed by atoms with Crippen LogP contribution in [-0.4, -0.2) is 23.5 Å². The van der Waals surface area contributed by atoms with Gasteiger partial charge in [0.2, 0.25) is 0 Å². The smallest absolute Gasteiger partial charge is 0.0181 e. The molecule has 12 heavy (non-hydrogen) atoms. The third kappa shape index (κ3) is 2.01. The van der Waals surface area contributed by atoms with Crippen LogP contribution in [-0.2, 0) is 0 Å². The fraction of sp³-hybridized carbons (Fsp3) is 1.00. The SMILES string of the molecule is CCCC1(C)CCCCN1CC. The van der Waals surface area contributed by atoms with Crippen LogP contribution < -0.4 is 0 Å². The van der Waals surface area contributed by atoms with Crippen molar-refractivity contribution in [3.05, 3.63) is 0 Å². The molecule has 72 valence electrons. The molecule has 1 saturated heterocycles. The Kier molecular flexibility index (Phi) is 3.57. The summed E-state index contributed by atoms with van der Waals surface area (Å²) in [6.45, 7) is 9.59. The van der Waals surface area contributed by atoms with Crippen LogP contribution in [0.5, 0.6) is 0 Å². The lowest BCUT2D eigenvalue weighted by atomic mass is 9.84. The van der Waals surface area contributed by atoms with Crippen molar-refractivity contribution in [1.82, 2.24) is 4.90 Å². The third-order valence-electron chi connectivity index (χ3n) is 3.33. The highest BCUT2D eigenvalue weighted by Gasteiger charge is 2.31. The number of piperidine rings is 1. The summed E-state index contributed by atoms with van der Waals surface area (Å²) in [6, 6.07) is 0. The molecule has 0 spiro atoms. The zero-order chi connectivity index (χ0) is 9.03. The Labute approximate surface area is 77.1 Å². The molecule has 0 N–H and O–H groups in total. The summed E-state index contributed by atoms with van der Waals surface area (Å²) in [4.78, 5) is 2.67. The van der Waals surface area contributed by atoms with Crippen LogP contribution in [0.2, 0.25) is 0 Å². The Hall–Kier alpha value is -0.0400. The van der Waals surface area contributed by atoms with E-state index in [4.69, 9.17) is 0 Å². The van der Waals surface area contributed by atoms with E-state index in [2.05, 4.69) is 25.7 Å². The third-order valence-corrected chi connectivity index (χ3v) is 3.33. The molecule has 1 aliphatic rings. The molecule has 0 aromatic rings. The van der Waals surface area contributed by atoms with E-state index >= 15 is 0 Å². The predicted molar refractivity (Wildman–Crippen MR) is 54.4 cm³/mol. The largest absolute Gasteiger partial charge is 0.298 e. The summed E-state index contributed by atoms with van der Waals surface area (Å²) in [6.07, 6.45) is 6.96. The highest BCUT2D eigenvalue weighted by atomic mass is 15.2. The van der Waals surface area contributed by atoms with Crippen molar-refractivity contribution in [3.8, 4) is 0 Å². The maximum atomic E-state index is 2.67. The molecule has 1 heterocycles. The van der Waals surface area contributed by atoms with Gasteiger partial charge in [-0.15, -0.1) is 0 Å². The summed E-state index contributed by atoms with van der Waals surface area (Å²) >= 11 is 0. The highest BCUT2D eigenvalue weighted by molar-refractivity contribution is 4.88. The fourth-order valence-electron chi connectivity index (χ4n) is 2.60. The lowest BCUT2D eigenvalue weighted by molar-refractivity contribution is 0.0588. The monoisotopic (exact) mass is 169 g/mol.